The SMILES string of the molecule is Cc1ccc(F)c(C(O)c2c(C)oc3ccccc23)c1. The van der Waals surface area contributed by atoms with Crippen LogP contribution in [-0.4, -0.2) is 5.11 Å². The van der Waals surface area contributed by atoms with E-state index in [-0.39, 0.29) is 5.56 Å². The molecule has 0 saturated carbocycles. The van der Waals surface area contributed by atoms with Crippen molar-refractivity contribution >= 4 is 11.0 Å². The van der Waals surface area contributed by atoms with E-state index in [1.54, 1.807) is 19.1 Å². The van der Waals surface area contributed by atoms with Gasteiger partial charge in [-0.15, -0.1) is 0 Å². The van der Waals surface area contributed by atoms with Crippen molar-refractivity contribution in [1.29, 1.82) is 0 Å². The van der Waals surface area contributed by atoms with E-state index in [0.717, 1.165) is 10.9 Å². The maximum atomic E-state index is 14.0. The molecule has 0 saturated heterocycles. The number of fused-ring (bicyclic) bond motifs is 1. The van der Waals surface area contributed by atoms with Gasteiger partial charge in [0.15, 0.2) is 0 Å². The molecule has 0 spiro atoms. The van der Waals surface area contributed by atoms with Crippen LogP contribution >= 0.6 is 0 Å². The van der Waals surface area contributed by atoms with Gasteiger partial charge < -0.3 is 9.52 Å². The quantitative estimate of drug-likeness (QED) is 0.754. The van der Waals surface area contributed by atoms with Gasteiger partial charge in [-0.2, -0.15) is 0 Å². The van der Waals surface area contributed by atoms with E-state index in [9.17, 15) is 9.50 Å². The summed E-state index contributed by atoms with van der Waals surface area (Å²) in [5.74, 6) is 0.201. The van der Waals surface area contributed by atoms with Crippen LogP contribution in [0.4, 0.5) is 4.39 Å². The van der Waals surface area contributed by atoms with Gasteiger partial charge in [-0.1, -0.05) is 35.9 Å². The number of benzene rings is 2. The van der Waals surface area contributed by atoms with E-state index in [4.69, 9.17) is 4.42 Å². The van der Waals surface area contributed by atoms with E-state index in [0.29, 0.717) is 16.9 Å². The molecule has 2 aromatic carbocycles. The average molecular weight is 270 g/mol. The second-order valence-corrected chi connectivity index (χ2v) is 5.00. The van der Waals surface area contributed by atoms with Crippen molar-refractivity contribution in [3.8, 4) is 0 Å². The highest BCUT2D eigenvalue weighted by atomic mass is 19.1. The minimum Gasteiger partial charge on any atom is -0.461 e. The van der Waals surface area contributed by atoms with Gasteiger partial charge in [-0.05, 0) is 26.0 Å². The molecule has 0 radical (unpaired) electrons. The minimum atomic E-state index is -1.03. The monoisotopic (exact) mass is 270 g/mol. The number of aryl methyl sites for hydroxylation is 2. The van der Waals surface area contributed by atoms with Gasteiger partial charge in [0.2, 0.25) is 0 Å². The summed E-state index contributed by atoms with van der Waals surface area (Å²) < 4.78 is 19.6. The lowest BCUT2D eigenvalue weighted by Crippen LogP contribution is -2.04. The van der Waals surface area contributed by atoms with E-state index in [1.807, 2.05) is 31.2 Å². The predicted octanol–water partition coefficient (Wildman–Crippen LogP) is 4.27. The first-order chi connectivity index (χ1) is 9.58. The van der Waals surface area contributed by atoms with Crippen LogP contribution in [-0.2, 0) is 0 Å². The fourth-order valence-electron chi connectivity index (χ4n) is 2.56. The summed E-state index contributed by atoms with van der Waals surface area (Å²) in [6, 6.07) is 12.2. The molecule has 0 amide bonds. The van der Waals surface area contributed by atoms with Crippen molar-refractivity contribution in [2.75, 3.05) is 0 Å². The first-order valence-corrected chi connectivity index (χ1v) is 6.50. The van der Waals surface area contributed by atoms with Crippen LogP contribution in [0, 0.1) is 19.7 Å². The van der Waals surface area contributed by atoms with Crippen molar-refractivity contribution in [2.24, 2.45) is 0 Å². The zero-order chi connectivity index (χ0) is 14.3. The second-order valence-electron chi connectivity index (χ2n) is 5.00. The summed E-state index contributed by atoms with van der Waals surface area (Å²) in [4.78, 5) is 0. The number of aliphatic hydroxyl groups is 1. The molecule has 102 valence electrons. The summed E-state index contributed by atoms with van der Waals surface area (Å²) in [7, 11) is 0. The van der Waals surface area contributed by atoms with Gasteiger partial charge in [0.25, 0.3) is 0 Å². The number of para-hydroxylation sites is 1. The maximum Gasteiger partial charge on any atom is 0.134 e. The molecule has 0 aliphatic carbocycles. The van der Waals surface area contributed by atoms with Gasteiger partial charge in [-0.3, -0.25) is 0 Å². The minimum absolute atomic E-state index is 0.277. The zero-order valence-electron chi connectivity index (χ0n) is 11.4. The lowest BCUT2D eigenvalue weighted by molar-refractivity contribution is 0.214. The Balaban J connectivity index is 2.20. The molecule has 0 fully saturated rings. The first kappa shape index (κ1) is 12.9. The number of rotatable bonds is 2. The molecule has 0 bridgehead atoms. The van der Waals surface area contributed by atoms with E-state index in [2.05, 4.69) is 0 Å². The summed E-state index contributed by atoms with van der Waals surface area (Å²) in [6.45, 7) is 3.66. The maximum absolute atomic E-state index is 14.0. The fraction of sp³-hybridized carbons (Fsp3) is 0.176. The molecule has 20 heavy (non-hydrogen) atoms. The van der Waals surface area contributed by atoms with E-state index >= 15 is 0 Å². The Morgan fingerprint density at radius 3 is 2.65 bits per heavy atom. The number of halogens is 1. The third-order valence-electron chi connectivity index (χ3n) is 3.54. The van der Waals surface area contributed by atoms with Gasteiger partial charge in [0.1, 0.15) is 23.3 Å². The molecular weight excluding hydrogens is 255 g/mol. The lowest BCUT2D eigenvalue weighted by atomic mass is 9.97. The second kappa shape index (κ2) is 4.76. The fourth-order valence-corrected chi connectivity index (χ4v) is 2.56. The molecule has 1 N–H and O–H groups in total. The number of hydrogen-bond acceptors (Lipinski definition) is 2. The smallest absolute Gasteiger partial charge is 0.134 e. The Hall–Kier alpha value is -2.13. The van der Waals surface area contributed by atoms with Crippen LogP contribution in [0.2, 0.25) is 0 Å². The molecule has 2 nitrogen and oxygen atoms in total. The van der Waals surface area contributed by atoms with Crippen molar-refractivity contribution in [1.82, 2.24) is 0 Å². The first-order valence-electron chi connectivity index (χ1n) is 6.50. The molecule has 3 rings (SSSR count). The number of hydrogen-bond donors (Lipinski definition) is 1. The van der Waals surface area contributed by atoms with E-state index < -0.39 is 11.9 Å². The largest absolute Gasteiger partial charge is 0.461 e. The van der Waals surface area contributed by atoms with Crippen LogP contribution in [0.15, 0.2) is 46.9 Å². The summed E-state index contributed by atoms with van der Waals surface area (Å²) >= 11 is 0. The van der Waals surface area contributed by atoms with Crippen LogP contribution in [0.1, 0.15) is 28.6 Å². The van der Waals surface area contributed by atoms with Crippen molar-refractivity contribution in [3.63, 3.8) is 0 Å². The molecule has 0 aliphatic heterocycles. The highest BCUT2D eigenvalue weighted by molar-refractivity contribution is 5.83. The zero-order valence-corrected chi connectivity index (χ0v) is 11.4. The Morgan fingerprint density at radius 2 is 1.85 bits per heavy atom. The highest BCUT2D eigenvalue weighted by Crippen LogP contribution is 2.34. The Kier molecular flexibility index (Phi) is 3.07. The van der Waals surface area contributed by atoms with Crippen LogP contribution in [0.25, 0.3) is 11.0 Å². The van der Waals surface area contributed by atoms with Crippen molar-refractivity contribution in [2.45, 2.75) is 20.0 Å². The van der Waals surface area contributed by atoms with Gasteiger partial charge in [-0.25, -0.2) is 4.39 Å². The van der Waals surface area contributed by atoms with Crippen molar-refractivity contribution < 1.29 is 13.9 Å². The Bertz CT molecular complexity index is 774. The van der Waals surface area contributed by atoms with Gasteiger partial charge >= 0.3 is 0 Å². The number of aliphatic hydroxyl groups excluding tert-OH is 1. The highest BCUT2D eigenvalue weighted by Gasteiger charge is 2.22. The molecule has 1 aromatic heterocycles. The van der Waals surface area contributed by atoms with Gasteiger partial charge in [0.05, 0.1) is 0 Å². The Labute approximate surface area is 116 Å². The third-order valence-corrected chi connectivity index (χ3v) is 3.54. The van der Waals surface area contributed by atoms with Crippen LogP contribution < -0.4 is 0 Å². The molecule has 1 atom stereocenters. The molecule has 3 heteroatoms. The summed E-state index contributed by atoms with van der Waals surface area (Å²) in [5, 5.41) is 11.4. The molecule has 1 heterocycles. The van der Waals surface area contributed by atoms with Crippen molar-refractivity contribution in [3.05, 3.63) is 70.7 Å². The van der Waals surface area contributed by atoms with E-state index in [1.165, 1.54) is 6.07 Å². The third kappa shape index (κ3) is 2.00. The predicted molar refractivity (Wildman–Crippen MR) is 76.1 cm³/mol. The standard InChI is InChI=1S/C17H15FO2/c1-10-7-8-14(18)13(9-10)17(19)16-11(2)20-15-6-4-3-5-12(15)16/h3-9,17,19H,1-2H3. The summed E-state index contributed by atoms with van der Waals surface area (Å²) in [6.07, 6.45) is -1.03. The molecule has 3 aromatic rings. The normalized spacial score (nSPS) is 12.8. The molecule has 0 aliphatic rings. The van der Waals surface area contributed by atoms with Gasteiger partial charge in [0, 0.05) is 16.5 Å². The Morgan fingerprint density at radius 1 is 1.10 bits per heavy atom. The topological polar surface area (TPSA) is 33.4 Å². The summed E-state index contributed by atoms with van der Waals surface area (Å²) in [5.41, 5.74) is 2.52. The van der Waals surface area contributed by atoms with Crippen LogP contribution in [0.3, 0.4) is 0 Å². The number of furan rings is 1. The molecular formula is C17H15FO2. The van der Waals surface area contributed by atoms with Crippen LogP contribution in [0.5, 0.6) is 0 Å². The lowest BCUT2D eigenvalue weighted by Gasteiger charge is -2.12. The molecule has 1 unspecified atom stereocenters. The average Bonchev–Trinajstić information content (AvgIpc) is 2.76.